The van der Waals surface area contributed by atoms with Crippen molar-refractivity contribution in [1.29, 1.82) is 0 Å². The Morgan fingerprint density at radius 2 is 1.65 bits per heavy atom. The number of rotatable bonds is 7. The van der Waals surface area contributed by atoms with Gasteiger partial charge in [0.1, 0.15) is 18.9 Å². The van der Waals surface area contributed by atoms with Gasteiger partial charge in [0.15, 0.2) is 0 Å². The van der Waals surface area contributed by atoms with E-state index < -0.39 is 11.9 Å². The van der Waals surface area contributed by atoms with E-state index in [4.69, 9.17) is 26.6 Å². The maximum absolute atomic E-state index is 11.7. The molecule has 0 saturated carbocycles. The maximum Gasteiger partial charge on any atom is 0.328 e. The third-order valence-electron chi connectivity index (χ3n) is 3.77. The Bertz CT molecular complexity index is 1030. The summed E-state index contributed by atoms with van der Waals surface area (Å²) in [4.78, 5) is 37.7. The monoisotopic (exact) mass is 442 g/mol. The van der Waals surface area contributed by atoms with Gasteiger partial charge in [-0.25, -0.2) is 14.6 Å². The van der Waals surface area contributed by atoms with E-state index in [0.717, 1.165) is 16.7 Å². The summed E-state index contributed by atoms with van der Waals surface area (Å²) < 4.78 is 5.25. The predicted molar refractivity (Wildman–Crippen MR) is 113 cm³/mol. The minimum atomic E-state index is -1.26. The number of aromatic amines is 1. The second kappa shape index (κ2) is 11.9. The maximum atomic E-state index is 11.7. The number of esters is 1. The van der Waals surface area contributed by atoms with Crippen LogP contribution in [0.1, 0.15) is 11.4 Å². The predicted octanol–water partition coefficient (Wildman–Crippen LogP) is 3.73. The fraction of sp³-hybridized carbons (Fsp3) is 0.0909. The molecular weight excluding hydrogens is 424 g/mol. The number of hydrogen-bond donors (Lipinski definition) is 3. The molecule has 3 N–H and O–H groups in total. The zero-order valence-electron chi connectivity index (χ0n) is 16.2. The summed E-state index contributed by atoms with van der Waals surface area (Å²) in [5.74, 6) is -2.22. The highest BCUT2D eigenvalue weighted by Gasteiger charge is 2.07. The Morgan fingerprint density at radius 3 is 2.19 bits per heavy atom. The molecule has 0 spiro atoms. The second-order valence-corrected chi connectivity index (χ2v) is 6.47. The van der Waals surface area contributed by atoms with Crippen LogP contribution in [0, 0.1) is 0 Å². The second-order valence-electron chi connectivity index (χ2n) is 6.06. The van der Waals surface area contributed by atoms with E-state index in [2.05, 4.69) is 9.97 Å². The topological polar surface area (TPSA) is 130 Å². The van der Waals surface area contributed by atoms with Gasteiger partial charge in [-0.05, 0) is 17.2 Å². The molecule has 0 aliphatic rings. The van der Waals surface area contributed by atoms with Crippen molar-refractivity contribution in [3.8, 4) is 11.1 Å². The van der Waals surface area contributed by atoms with Crippen molar-refractivity contribution in [2.24, 2.45) is 0 Å². The number of nitrogens with one attached hydrogen (secondary N) is 1. The zero-order chi connectivity index (χ0) is 22.6. The molecule has 2 aromatic carbocycles. The fourth-order valence-electron chi connectivity index (χ4n) is 2.36. The van der Waals surface area contributed by atoms with Gasteiger partial charge in [0.05, 0.1) is 0 Å². The lowest BCUT2D eigenvalue weighted by molar-refractivity contribution is -0.144. The zero-order valence-corrected chi connectivity index (χ0v) is 17.0. The first-order valence-corrected chi connectivity index (χ1v) is 9.34. The van der Waals surface area contributed by atoms with E-state index >= 15 is 0 Å². The van der Waals surface area contributed by atoms with E-state index in [1.165, 1.54) is 0 Å². The summed E-state index contributed by atoms with van der Waals surface area (Å²) >= 11 is 6.19. The third kappa shape index (κ3) is 8.55. The van der Waals surface area contributed by atoms with Gasteiger partial charge in [-0.3, -0.25) is 4.79 Å². The number of aromatic nitrogens is 2. The lowest BCUT2D eigenvalue weighted by Crippen LogP contribution is -2.09. The minimum Gasteiger partial charge on any atom is -0.478 e. The van der Waals surface area contributed by atoms with Crippen LogP contribution in [-0.2, 0) is 32.1 Å². The molecule has 0 unspecified atom stereocenters. The number of nitrogens with zero attached hydrogens (tertiary/aromatic N) is 1. The Kier molecular flexibility index (Phi) is 9.00. The number of carboxylic acid groups (broad SMARTS) is 2. The summed E-state index contributed by atoms with van der Waals surface area (Å²) in [6, 6.07) is 15.5. The van der Waals surface area contributed by atoms with Gasteiger partial charge < -0.3 is 19.9 Å². The smallest absolute Gasteiger partial charge is 0.328 e. The van der Waals surface area contributed by atoms with Gasteiger partial charge in [0.2, 0.25) is 0 Å². The highest BCUT2D eigenvalue weighted by molar-refractivity contribution is 6.33. The van der Waals surface area contributed by atoms with Crippen LogP contribution in [0.2, 0.25) is 5.02 Å². The lowest BCUT2D eigenvalue weighted by atomic mass is 10.0. The SMILES string of the molecule is O=C(Cc1ncc[nH]1)OCc1ccc(-c2ccccc2Cl)cc1.O=C(O)C=CC(=O)O. The van der Waals surface area contributed by atoms with Gasteiger partial charge in [0.25, 0.3) is 0 Å². The molecule has 160 valence electrons. The molecular formula is C22H19ClN2O6. The summed E-state index contributed by atoms with van der Waals surface area (Å²) in [5, 5.41) is 16.3. The number of carboxylic acids is 2. The Balaban J connectivity index is 0.000000366. The van der Waals surface area contributed by atoms with Gasteiger partial charge in [-0.15, -0.1) is 0 Å². The molecule has 31 heavy (non-hydrogen) atoms. The van der Waals surface area contributed by atoms with Crippen LogP contribution in [0.25, 0.3) is 11.1 Å². The molecule has 0 radical (unpaired) electrons. The first-order valence-electron chi connectivity index (χ1n) is 8.97. The van der Waals surface area contributed by atoms with Gasteiger partial charge in [-0.1, -0.05) is 54.1 Å². The van der Waals surface area contributed by atoms with E-state index in [0.29, 0.717) is 23.0 Å². The standard InChI is InChI=1S/C18H15ClN2O2.C4H4O4/c19-16-4-2-1-3-15(16)14-7-5-13(6-8-14)12-23-18(22)11-17-20-9-10-21-17;5-3(6)1-2-4(7)8/h1-10H,11-12H2,(H,20,21);1-2H,(H,5,6)(H,7,8). The van der Waals surface area contributed by atoms with Crippen LogP contribution in [0.5, 0.6) is 0 Å². The molecule has 1 heterocycles. The quantitative estimate of drug-likeness (QED) is 0.375. The Labute approximate surface area is 182 Å². The van der Waals surface area contributed by atoms with Crippen LogP contribution >= 0.6 is 11.6 Å². The molecule has 0 amide bonds. The van der Waals surface area contributed by atoms with E-state index in [-0.39, 0.29) is 19.0 Å². The average molecular weight is 443 g/mol. The number of ether oxygens (including phenoxy) is 1. The first kappa shape index (κ1) is 23.4. The number of halogens is 1. The number of aliphatic carboxylic acids is 2. The molecule has 0 aliphatic heterocycles. The molecule has 0 saturated heterocycles. The molecule has 1 aromatic heterocycles. The highest BCUT2D eigenvalue weighted by atomic mass is 35.5. The minimum absolute atomic E-state index is 0.144. The largest absolute Gasteiger partial charge is 0.478 e. The third-order valence-corrected chi connectivity index (χ3v) is 4.10. The van der Waals surface area contributed by atoms with Gasteiger partial charge >= 0.3 is 17.9 Å². The molecule has 0 bridgehead atoms. The molecule has 9 heteroatoms. The molecule has 0 atom stereocenters. The number of H-pyrrole nitrogens is 1. The van der Waals surface area contributed by atoms with Crippen molar-refractivity contribution in [3.63, 3.8) is 0 Å². The number of carbonyl (C=O) groups excluding carboxylic acids is 1. The highest BCUT2D eigenvalue weighted by Crippen LogP contribution is 2.27. The van der Waals surface area contributed by atoms with E-state index in [9.17, 15) is 14.4 Å². The molecule has 3 rings (SSSR count). The van der Waals surface area contributed by atoms with E-state index in [1.807, 2.05) is 48.5 Å². The van der Waals surface area contributed by atoms with Crippen LogP contribution in [0.3, 0.4) is 0 Å². The molecule has 0 fully saturated rings. The summed E-state index contributed by atoms with van der Waals surface area (Å²) in [5.41, 5.74) is 2.94. The van der Waals surface area contributed by atoms with Crippen LogP contribution in [-0.4, -0.2) is 38.1 Å². The van der Waals surface area contributed by atoms with Crippen LogP contribution < -0.4 is 0 Å². The van der Waals surface area contributed by atoms with Crippen molar-refractivity contribution in [3.05, 3.63) is 89.5 Å². The fourth-order valence-corrected chi connectivity index (χ4v) is 2.61. The summed E-state index contributed by atoms with van der Waals surface area (Å²) in [6.45, 7) is 0.238. The average Bonchev–Trinajstić information content (AvgIpc) is 3.25. The van der Waals surface area contributed by atoms with Crippen molar-refractivity contribution >= 4 is 29.5 Å². The Hall–Kier alpha value is -3.91. The number of carbonyl (C=O) groups is 3. The van der Waals surface area contributed by atoms with Crippen molar-refractivity contribution < 1.29 is 29.3 Å². The van der Waals surface area contributed by atoms with Gasteiger partial charge in [0, 0.05) is 35.1 Å². The number of benzene rings is 2. The van der Waals surface area contributed by atoms with Gasteiger partial charge in [-0.2, -0.15) is 0 Å². The van der Waals surface area contributed by atoms with Crippen molar-refractivity contribution in [2.45, 2.75) is 13.0 Å². The Morgan fingerprint density at radius 1 is 1.00 bits per heavy atom. The van der Waals surface area contributed by atoms with Crippen molar-refractivity contribution in [2.75, 3.05) is 0 Å². The molecule has 3 aromatic rings. The first-order chi connectivity index (χ1) is 14.8. The normalized spacial score (nSPS) is 10.2. The number of hydrogen-bond acceptors (Lipinski definition) is 5. The molecule has 0 aliphatic carbocycles. The number of imidazole rings is 1. The van der Waals surface area contributed by atoms with E-state index in [1.54, 1.807) is 12.4 Å². The molecule has 8 nitrogen and oxygen atoms in total. The van der Waals surface area contributed by atoms with Crippen molar-refractivity contribution in [1.82, 2.24) is 9.97 Å². The summed E-state index contributed by atoms with van der Waals surface area (Å²) in [7, 11) is 0. The lowest BCUT2D eigenvalue weighted by Gasteiger charge is -2.07. The summed E-state index contributed by atoms with van der Waals surface area (Å²) in [6.07, 6.45) is 4.54. The van der Waals surface area contributed by atoms with Crippen LogP contribution in [0.4, 0.5) is 0 Å². The van der Waals surface area contributed by atoms with Crippen LogP contribution in [0.15, 0.2) is 73.1 Å².